The van der Waals surface area contributed by atoms with Crippen LogP contribution in [0.1, 0.15) is 31.2 Å². The molecule has 0 aromatic carbocycles. The highest BCUT2D eigenvalue weighted by molar-refractivity contribution is 5.82. The molecule has 2 heterocycles. The lowest BCUT2D eigenvalue weighted by Crippen LogP contribution is -2.30. The van der Waals surface area contributed by atoms with Crippen LogP contribution in [0.5, 0.6) is 0 Å². The molecule has 0 aliphatic carbocycles. The molecule has 4 nitrogen and oxygen atoms in total. The molecule has 1 aliphatic heterocycles. The number of pyridine rings is 1. The topological polar surface area (TPSA) is 68.0 Å². The Morgan fingerprint density at radius 2 is 2.44 bits per heavy atom. The number of nitrogens with zero attached hydrogens (tertiary/aromatic N) is 1. The third-order valence-electron chi connectivity index (χ3n) is 3.56. The number of piperidine rings is 1. The molecule has 0 saturated carbocycles. The molecule has 3 N–H and O–H groups in total. The van der Waals surface area contributed by atoms with Crippen LogP contribution in [0.25, 0.3) is 0 Å². The minimum Gasteiger partial charge on any atom is -0.398 e. The number of ketones is 1. The van der Waals surface area contributed by atoms with E-state index in [0.29, 0.717) is 24.4 Å². The molecule has 4 heteroatoms. The molecule has 0 bridgehead atoms. The monoisotopic (exact) mass is 247 g/mol. The van der Waals surface area contributed by atoms with Gasteiger partial charge in [-0.3, -0.25) is 9.78 Å². The van der Waals surface area contributed by atoms with Gasteiger partial charge in [-0.05, 0) is 44.3 Å². The van der Waals surface area contributed by atoms with Gasteiger partial charge in [-0.15, -0.1) is 0 Å². The maximum Gasteiger partial charge on any atom is 0.137 e. The Hall–Kier alpha value is -1.42. The summed E-state index contributed by atoms with van der Waals surface area (Å²) in [7, 11) is 0. The smallest absolute Gasteiger partial charge is 0.137 e. The zero-order valence-electron chi connectivity index (χ0n) is 10.7. The number of carbonyl (C=O) groups excluding carboxylic acids is 1. The third-order valence-corrected chi connectivity index (χ3v) is 3.56. The van der Waals surface area contributed by atoms with E-state index in [1.807, 2.05) is 0 Å². The van der Waals surface area contributed by atoms with E-state index < -0.39 is 0 Å². The van der Waals surface area contributed by atoms with Crippen molar-refractivity contribution in [1.29, 1.82) is 0 Å². The van der Waals surface area contributed by atoms with Gasteiger partial charge in [0.15, 0.2) is 0 Å². The molecule has 1 aromatic rings. The second-order valence-electron chi connectivity index (χ2n) is 5.04. The Bertz CT molecular complexity index is 400. The van der Waals surface area contributed by atoms with Gasteiger partial charge in [-0.2, -0.15) is 0 Å². The Labute approximate surface area is 108 Å². The summed E-state index contributed by atoms with van der Waals surface area (Å²) in [6.45, 7) is 2.18. The lowest BCUT2D eigenvalue weighted by atomic mass is 9.92. The summed E-state index contributed by atoms with van der Waals surface area (Å²) in [6.07, 6.45) is 7.88. The second-order valence-corrected chi connectivity index (χ2v) is 5.04. The van der Waals surface area contributed by atoms with Crippen molar-refractivity contribution in [3.05, 3.63) is 24.0 Å². The molecule has 1 saturated heterocycles. The fourth-order valence-electron chi connectivity index (χ4n) is 2.42. The molecule has 0 spiro atoms. The van der Waals surface area contributed by atoms with Crippen molar-refractivity contribution in [3.8, 4) is 0 Å². The van der Waals surface area contributed by atoms with E-state index in [1.54, 1.807) is 18.5 Å². The number of nitrogens with one attached hydrogen (secondary N) is 1. The van der Waals surface area contributed by atoms with Crippen LogP contribution in [0.3, 0.4) is 0 Å². The standard InChI is InChI=1S/C14H21N3O/c15-14-5-7-17-10-12(14)8-13(18)4-3-11-2-1-6-16-9-11/h5,7,10-11,16H,1-4,6,8-9H2,(H2,15,17). The average molecular weight is 247 g/mol. The van der Waals surface area contributed by atoms with Crippen molar-refractivity contribution in [2.45, 2.75) is 32.1 Å². The molecule has 1 aromatic heterocycles. The molecule has 0 radical (unpaired) electrons. The SMILES string of the molecule is Nc1ccncc1CC(=O)CCC1CCCNC1. The van der Waals surface area contributed by atoms with E-state index in [-0.39, 0.29) is 5.78 Å². The molecule has 1 atom stereocenters. The molecule has 0 amide bonds. The van der Waals surface area contributed by atoms with Gasteiger partial charge < -0.3 is 11.1 Å². The summed E-state index contributed by atoms with van der Waals surface area (Å²) < 4.78 is 0. The third kappa shape index (κ3) is 3.81. The Balaban J connectivity index is 1.76. The molecule has 18 heavy (non-hydrogen) atoms. The average Bonchev–Trinajstić information content (AvgIpc) is 2.40. The molecule has 1 aliphatic rings. The number of nitrogens with two attached hydrogens (primary N) is 1. The second kappa shape index (κ2) is 6.50. The predicted molar refractivity (Wildman–Crippen MR) is 72.2 cm³/mol. The summed E-state index contributed by atoms with van der Waals surface area (Å²) >= 11 is 0. The highest BCUT2D eigenvalue weighted by atomic mass is 16.1. The fourth-order valence-corrected chi connectivity index (χ4v) is 2.42. The van der Waals surface area contributed by atoms with E-state index in [2.05, 4.69) is 10.3 Å². The zero-order chi connectivity index (χ0) is 12.8. The lowest BCUT2D eigenvalue weighted by molar-refractivity contribution is -0.118. The van der Waals surface area contributed by atoms with Crippen molar-refractivity contribution in [3.63, 3.8) is 0 Å². The van der Waals surface area contributed by atoms with Crippen LogP contribution < -0.4 is 11.1 Å². The van der Waals surface area contributed by atoms with Crippen LogP contribution in [0.2, 0.25) is 0 Å². The van der Waals surface area contributed by atoms with Gasteiger partial charge in [0.1, 0.15) is 5.78 Å². The van der Waals surface area contributed by atoms with Crippen LogP contribution in [-0.4, -0.2) is 23.9 Å². The Kier molecular flexibility index (Phi) is 4.70. The molecular formula is C14H21N3O. The van der Waals surface area contributed by atoms with E-state index in [1.165, 1.54) is 12.8 Å². The minimum atomic E-state index is 0.264. The number of anilines is 1. The number of hydrogen-bond acceptors (Lipinski definition) is 4. The maximum atomic E-state index is 11.9. The number of aromatic nitrogens is 1. The van der Waals surface area contributed by atoms with Crippen molar-refractivity contribution in [2.75, 3.05) is 18.8 Å². The molecule has 98 valence electrons. The van der Waals surface area contributed by atoms with Crippen molar-refractivity contribution >= 4 is 11.5 Å². The highest BCUT2D eigenvalue weighted by Gasteiger charge is 2.15. The largest absolute Gasteiger partial charge is 0.398 e. The first-order chi connectivity index (χ1) is 8.75. The van der Waals surface area contributed by atoms with Crippen LogP contribution in [0, 0.1) is 5.92 Å². The van der Waals surface area contributed by atoms with Crippen molar-refractivity contribution in [1.82, 2.24) is 10.3 Å². The first kappa shape index (κ1) is 13.0. The molecule has 1 unspecified atom stereocenters. The van der Waals surface area contributed by atoms with Crippen LogP contribution >= 0.6 is 0 Å². The summed E-state index contributed by atoms with van der Waals surface area (Å²) in [5, 5.41) is 3.38. The van der Waals surface area contributed by atoms with Gasteiger partial charge in [0.25, 0.3) is 0 Å². The Morgan fingerprint density at radius 1 is 1.56 bits per heavy atom. The van der Waals surface area contributed by atoms with E-state index in [9.17, 15) is 4.79 Å². The first-order valence-corrected chi connectivity index (χ1v) is 6.66. The number of rotatable bonds is 5. The van der Waals surface area contributed by atoms with E-state index in [4.69, 9.17) is 5.73 Å². The number of Topliss-reactive ketones (excluding diaryl/α,β-unsaturated/α-hetero) is 1. The maximum absolute atomic E-state index is 11.9. The normalized spacial score (nSPS) is 19.7. The predicted octanol–water partition coefficient (Wildman–Crippen LogP) is 1.56. The van der Waals surface area contributed by atoms with E-state index >= 15 is 0 Å². The first-order valence-electron chi connectivity index (χ1n) is 6.66. The molecule has 2 rings (SSSR count). The van der Waals surface area contributed by atoms with Gasteiger partial charge in [0, 0.05) is 36.5 Å². The van der Waals surface area contributed by atoms with Gasteiger partial charge in [-0.25, -0.2) is 0 Å². The highest BCUT2D eigenvalue weighted by Crippen LogP contribution is 2.17. The van der Waals surface area contributed by atoms with Crippen LogP contribution in [-0.2, 0) is 11.2 Å². The Morgan fingerprint density at radius 3 is 3.17 bits per heavy atom. The molecule has 1 fully saturated rings. The molecular weight excluding hydrogens is 226 g/mol. The summed E-state index contributed by atoms with van der Waals surface area (Å²) in [5.41, 5.74) is 7.32. The van der Waals surface area contributed by atoms with E-state index in [0.717, 1.165) is 25.1 Å². The zero-order valence-corrected chi connectivity index (χ0v) is 10.7. The summed E-state index contributed by atoms with van der Waals surface area (Å²) in [6, 6.07) is 1.74. The van der Waals surface area contributed by atoms with Gasteiger partial charge in [0.05, 0.1) is 0 Å². The van der Waals surface area contributed by atoms with Crippen LogP contribution in [0.4, 0.5) is 5.69 Å². The number of hydrogen-bond donors (Lipinski definition) is 2. The van der Waals surface area contributed by atoms with Gasteiger partial charge in [0.2, 0.25) is 0 Å². The fraction of sp³-hybridized carbons (Fsp3) is 0.571. The van der Waals surface area contributed by atoms with Gasteiger partial charge in [-0.1, -0.05) is 0 Å². The van der Waals surface area contributed by atoms with Crippen molar-refractivity contribution < 1.29 is 4.79 Å². The number of nitrogen functional groups attached to an aromatic ring is 1. The van der Waals surface area contributed by atoms with Gasteiger partial charge >= 0.3 is 0 Å². The summed E-state index contributed by atoms with van der Waals surface area (Å²) in [5.74, 6) is 0.925. The lowest BCUT2D eigenvalue weighted by Gasteiger charge is -2.22. The quantitative estimate of drug-likeness (QED) is 0.828. The summed E-state index contributed by atoms with van der Waals surface area (Å²) in [4.78, 5) is 15.9. The van der Waals surface area contributed by atoms with Crippen LogP contribution in [0.15, 0.2) is 18.5 Å². The number of carbonyl (C=O) groups is 1. The van der Waals surface area contributed by atoms with Crippen molar-refractivity contribution in [2.24, 2.45) is 5.92 Å². The minimum absolute atomic E-state index is 0.264.